The molecule has 0 bridgehead atoms. The molecule has 1 radical (unpaired) electrons. The van der Waals surface area contributed by atoms with E-state index >= 15 is 0 Å². The molecule has 0 nitrogen and oxygen atoms in total. The second-order valence-electron chi connectivity index (χ2n) is 2.44. The Labute approximate surface area is 68.6 Å². The molecule has 1 aliphatic carbocycles. The van der Waals surface area contributed by atoms with Crippen LogP contribution in [-0.2, 0) is 0 Å². The van der Waals surface area contributed by atoms with Crippen molar-refractivity contribution < 1.29 is 0 Å². The van der Waals surface area contributed by atoms with Gasteiger partial charge in [-0.05, 0) is 25.3 Å². The molecule has 0 aromatic heterocycles. The van der Waals surface area contributed by atoms with Crippen LogP contribution in [0.3, 0.4) is 0 Å². The summed E-state index contributed by atoms with van der Waals surface area (Å²) in [7, 11) is 0. The highest BCUT2D eigenvalue weighted by Gasteiger charge is 1.77. The van der Waals surface area contributed by atoms with Crippen molar-refractivity contribution in [2.45, 2.75) is 19.3 Å². The van der Waals surface area contributed by atoms with Gasteiger partial charge in [-0.15, -0.1) is 0 Å². The van der Waals surface area contributed by atoms with Crippen LogP contribution in [0.5, 0.6) is 0 Å². The van der Waals surface area contributed by atoms with Crippen molar-refractivity contribution in [1.29, 1.82) is 0 Å². The Balaban J connectivity index is 2.47. The Bertz CT molecular complexity index is 192. The van der Waals surface area contributed by atoms with Gasteiger partial charge in [0.2, 0.25) is 0 Å². The summed E-state index contributed by atoms with van der Waals surface area (Å²) in [6.45, 7) is 0. The van der Waals surface area contributed by atoms with Crippen LogP contribution in [0.2, 0.25) is 0 Å². The molecule has 0 aromatic carbocycles. The van der Waals surface area contributed by atoms with Crippen LogP contribution in [0.4, 0.5) is 0 Å². The van der Waals surface area contributed by atoms with Crippen molar-refractivity contribution in [3.63, 3.8) is 0 Å². The molecule has 0 aromatic rings. The molecular formula is C11H13. The molecule has 1 rings (SSSR count). The minimum atomic E-state index is 0.935. The summed E-state index contributed by atoms with van der Waals surface area (Å²) >= 11 is 0. The van der Waals surface area contributed by atoms with E-state index in [4.69, 9.17) is 0 Å². The summed E-state index contributed by atoms with van der Waals surface area (Å²) in [5.74, 6) is 0. The van der Waals surface area contributed by atoms with E-state index in [1.54, 1.807) is 0 Å². The molecule has 57 valence electrons. The number of hydrogen-bond acceptors (Lipinski definition) is 0. The first-order valence-corrected chi connectivity index (χ1v) is 4.03. The summed E-state index contributed by atoms with van der Waals surface area (Å²) in [4.78, 5) is 0. The maximum atomic E-state index is 3.15. The van der Waals surface area contributed by atoms with E-state index in [2.05, 4.69) is 30.4 Å². The fraction of sp³-hybridized carbons (Fsp3) is 0.273. The molecule has 0 amide bonds. The van der Waals surface area contributed by atoms with Gasteiger partial charge in [0, 0.05) is 0 Å². The fourth-order valence-corrected chi connectivity index (χ4v) is 0.892. The van der Waals surface area contributed by atoms with Gasteiger partial charge in [0.1, 0.15) is 0 Å². The molecule has 0 heterocycles. The number of hydrogen-bond donors (Lipinski definition) is 0. The van der Waals surface area contributed by atoms with Gasteiger partial charge < -0.3 is 0 Å². The quantitative estimate of drug-likeness (QED) is 0.459. The Morgan fingerprint density at radius 3 is 2.73 bits per heavy atom. The van der Waals surface area contributed by atoms with E-state index in [1.807, 2.05) is 18.2 Å². The molecular weight excluding hydrogens is 132 g/mol. The molecule has 1 aliphatic rings. The van der Waals surface area contributed by atoms with Crippen molar-refractivity contribution in [3.05, 3.63) is 48.6 Å². The van der Waals surface area contributed by atoms with E-state index in [-0.39, 0.29) is 0 Å². The van der Waals surface area contributed by atoms with Crippen LogP contribution < -0.4 is 0 Å². The van der Waals surface area contributed by atoms with Crippen molar-refractivity contribution >= 4 is 0 Å². The van der Waals surface area contributed by atoms with Crippen LogP contribution >= 0.6 is 0 Å². The lowest BCUT2D eigenvalue weighted by Crippen LogP contribution is -1.63. The van der Waals surface area contributed by atoms with Crippen LogP contribution in [0.15, 0.2) is 42.5 Å². The molecule has 0 saturated carbocycles. The van der Waals surface area contributed by atoms with Crippen molar-refractivity contribution in [3.8, 4) is 0 Å². The van der Waals surface area contributed by atoms with Crippen LogP contribution in [-0.4, -0.2) is 0 Å². The first-order valence-electron chi connectivity index (χ1n) is 4.03. The van der Waals surface area contributed by atoms with E-state index in [9.17, 15) is 0 Å². The van der Waals surface area contributed by atoms with Gasteiger partial charge >= 0.3 is 0 Å². The molecule has 11 heavy (non-hydrogen) atoms. The van der Waals surface area contributed by atoms with Crippen molar-refractivity contribution in [1.82, 2.24) is 0 Å². The standard InChI is InChI=1S/C11H13/c1-2-4-6-8-10-11-9-7-5-3-1/h1-5,10-11H,6,8-9H2. The zero-order valence-electron chi connectivity index (χ0n) is 6.66. The lowest BCUT2D eigenvalue weighted by molar-refractivity contribution is 1.04. The first-order chi connectivity index (χ1) is 5.50. The fourth-order valence-electron chi connectivity index (χ4n) is 0.892. The van der Waals surface area contributed by atoms with E-state index in [1.165, 1.54) is 0 Å². The third-order valence-electron chi connectivity index (χ3n) is 1.47. The summed E-state index contributed by atoms with van der Waals surface area (Å²) in [6, 6.07) is 0. The predicted octanol–water partition coefficient (Wildman–Crippen LogP) is 3.20. The molecule has 0 unspecified atom stereocenters. The summed E-state index contributed by atoms with van der Waals surface area (Å²) in [5, 5.41) is 0. The second kappa shape index (κ2) is 5.72. The average molecular weight is 145 g/mol. The Morgan fingerprint density at radius 1 is 0.818 bits per heavy atom. The van der Waals surface area contributed by atoms with Gasteiger partial charge in [-0.25, -0.2) is 0 Å². The molecule has 0 saturated heterocycles. The van der Waals surface area contributed by atoms with Crippen LogP contribution in [0.1, 0.15) is 19.3 Å². The monoisotopic (exact) mass is 145 g/mol. The van der Waals surface area contributed by atoms with Crippen LogP contribution in [0, 0.1) is 6.08 Å². The molecule has 0 atom stereocenters. The highest BCUT2D eigenvalue weighted by atomic mass is 13.8. The zero-order chi connectivity index (χ0) is 7.78. The highest BCUT2D eigenvalue weighted by Crippen LogP contribution is 1.96. The van der Waals surface area contributed by atoms with Crippen molar-refractivity contribution in [2.24, 2.45) is 0 Å². The zero-order valence-corrected chi connectivity index (χ0v) is 6.66. The van der Waals surface area contributed by atoms with Gasteiger partial charge in [0.25, 0.3) is 0 Å². The predicted molar refractivity (Wildman–Crippen MR) is 49.1 cm³/mol. The summed E-state index contributed by atoms with van der Waals surface area (Å²) in [5.41, 5.74) is 0. The Morgan fingerprint density at radius 2 is 1.73 bits per heavy atom. The largest absolute Gasteiger partial charge is 0.0879 e. The summed E-state index contributed by atoms with van der Waals surface area (Å²) < 4.78 is 0. The lowest BCUT2D eigenvalue weighted by Gasteiger charge is -1.83. The van der Waals surface area contributed by atoms with E-state index in [0.29, 0.717) is 0 Å². The molecule has 0 N–H and O–H groups in total. The Kier molecular flexibility index (Phi) is 4.19. The minimum Gasteiger partial charge on any atom is -0.0879 e. The molecule has 0 fully saturated rings. The second-order valence-corrected chi connectivity index (χ2v) is 2.44. The third-order valence-corrected chi connectivity index (χ3v) is 1.47. The molecule has 0 aliphatic heterocycles. The lowest BCUT2D eigenvalue weighted by atomic mass is 10.2. The molecule has 0 spiro atoms. The number of allylic oxidation sites excluding steroid dienone is 8. The van der Waals surface area contributed by atoms with Gasteiger partial charge in [0.15, 0.2) is 0 Å². The SMILES string of the molecule is [C]1=CC=CC=CCCC=CC1. The molecule has 0 heteroatoms. The summed E-state index contributed by atoms with van der Waals surface area (Å²) in [6.07, 6.45) is 21.0. The maximum Gasteiger partial charge on any atom is -0.00946 e. The Hall–Kier alpha value is -1.04. The first kappa shape index (κ1) is 8.06. The maximum absolute atomic E-state index is 3.15. The van der Waals surface area contributed by atoms with Gasteiger partial charge in [-0.1, -0.05) is 42.5 Å². The van der Waals surface area contributed by atoms with E-state index in [0.717, 1.165) is 19.3 Å². The number of rotatable bonds is 0. The smallest absolute Gasteiger partial charge is 0.00946 e. The average Bonchev–Trinajstić information content (AvgIpc) is 2.08. The van der Waals surface area contributed by atoms with Gasteiger partial charge in [0.05, 0.1) is 0 Å². The third kappa shape index (κ3) is 4.38. The minimum absolute atomic E-state index is 0.935. The van der Waals surface area contributed by atoms with E-state index < -0.39 is 0 Å². The normalized spacial score (nSPS) is 18.2. The van der Waals surface area contributed by atoms with Gasteiger partial charge in [-0.2, -0.15) is 0 Å². The van der Waals surface area contributed by atoms with Crippen LogP contribution in [0.25, 0.3) is 0 Å². The van der Waals surface area contributed by atoms with Crippen molar-refractivity contribution in [2.75, 3.05) is 0 Å². The topological polar surface area (TPSA) is 0 Å². The highest BCUT2D eigenvalue weighted by molar-refractivity contribution is 5.10. The van der Waals surface area contributed by atoms with Gasteiger partial charge in [-0.3, -0.25) is 0 Å².